The van der Waals surface area contributed by atoms with E-state index in [4.69, 9.17) is 17.8 Å². The maximum Gasteiger partial charge on any atom is 0.120 e. The van der Waals surface area contributed by atoms with Gasteiger partial charge >= 0.3 is 0 Å². The van der Waals surface area contributed by atoms with Gasteiger partial charge in [-0.25, -0.2) is 0 Å². The van der Waals surface area contributed by atoms with E-state index in [-0.39, 0.29) is 0 Å². The third-order valence-electron chi connectivity index (χ3n) is 0.435. The average molecular weight is 159 g/mol. The molecule has 0 rings (SSSR count). The third kappa shape index (κ3) is 3.53. The summed E-state index contributed by atoms with van der Waals surface area (Å²) in [6.45, 7) is -3.53. The molecule has 6 heteroatoms. The fraction of sp³-hybridized carbons (Fsp3) is 1.00. The summed E-state index contributed by atoms with van der Waals surface area (Å²) in [5.74, 6) is 0. The van der Waals surface area contributed by atoms with E-state index in [1.54, 1.807) is 0 Å². The molecule has 3 N–H and O–H groups in total. The molecule has 0 aromatic rings. The zero-order valence-electron chi connectivity index (χ0n) is 5.98. The Kier molecular flexibility index (Phi) is 2.36. The van der Waals surface area contributed by atoms with Gasteiger partial charge in [0, 0.05) is 1.37 Å². The monoisotopic (exact) mass is 159 g/mol. The van der Waals surface area contributed by atoms with Crippen molar-refractivity contribution in [2.45, 2.75) is 0 Å². The molecular formula is C2H8NO3P2-. The molecule has 0 saturated carbocycles. The molecule has 0 aromatic heterocycles. The van der Waals surface area contributed by atoms with E-state index < -0.39 is 27.9 Å². The van der Waals surface area contributed by atoms with Crippen LogP contribution in [0.5, 0.6) is 0 Å². The van der Waals surface area contributed by atoms with Crippen LogP contribution < -0.4 is 5.11 Å². The van der Waals surface area contributed by atoms with Crippen molar-refractivity contribution in [1.82, 2.24) is 0 Å². The first-order valence-corrected chi connectivity index (χ1v) is 5.35. The molecule has 0 amide bonds. The second-order valence-corrected chi connectivity index (χ2v) is 5.96. The number of aliphatic hydroxyl groups excluding tert-OH is 1. The van der Waals surface area contributed by atoms with Gasteiger partial charge in [-0.15, -0.1) is 6.32 Å². The van der Waals surface area contributed by atoms with Gasteiger partial charge < -0.3 is 15.1 Å². The lowest BCUT2D eigenvalue weighted by Gasteiger charge is -2.12. The zero-order valence-corrected chi connectivity index (χ0v) is 5.77. The number of hydrogen-bond donors (Lipinski definition) is 3. The van der Waals surface area contributed by atoms with E-state index in [2.05, 4.69) is 0 Å². The topological polar surface area (TPSA) is 87.4 Å². The summed E-state index contributed by atoms with van der Waals surface area (Å²) in [6.07, 6.45) is -2.86. The van der Waals surface area contributed by atoms with E-state index in [1.165, 1.54) is 0 Å². The quantitative estimate of drug-likeness (QED) is 0.486. The Balaban J connectivity index is 4.19. The highest BCUT2D eigenvalue weighted by Crippen LogP contribution is 2.58. The fourth-order valence-corrected chi connectivity index (χ4v) is 1.03. The predicted molar refractivity (Wildman–Crippen MR) is 32.1 cm³/mol. The molecule has 3 unspecified atom stereocenters. The number of nitrogens with one attached hydrogen (secondary N) is 1. The van der Waals surface area contributed by atoms with E-state index >= 15 is 0 Å². The molecule has 0 radical (unpaired) electrons. The number of hydrogen-bond acceptors (Lipinski definition) is 3. The molecular weight excluding hydrogens is 148 g/mol. The average Bonchev–Trinajstić information content (AvgIpc) is 1.86. The Bertz CT molecular complexity index is 153. The summed E-state index contributed by atoms with van der Waals surface area (Å²) in [7, 11) is -2.34. The lowest BCUT2D eigenvalue weighted by Crippen LogP contribution is -1.98. The van der Waals surface area contributed by atoms with Crippen molar-refractivity contribution < 1.29 is 16.5 Å². The van der Waals surface area contributed by atoms with Gasteiger partial charge in [0.25, 0.3) is 0 Å². The Labute approximate surface area is 51.8 Å². The van der Waals surface area contributed by atoms with E-state index in [0.29, 0.717) is 0 Å². The van der Waals surface area contributed by atoms with E-state index in [9.17, 15) is 5.11 Å². The van der Waals surface area contributed by atoms with Crippen molar-refractivity contribution in [2.75, 3.05) is 12.7 Å². The highest BCUT2D eigenvalue weighted by atomic mass is 32.1. The number of aliphatic hydroxyl groups is 1. The summed E-state index contributed by atoms with van der Waals surface area (Å²) in [6, 6.07) is 0. The highest BCUT2D eigenvalue weighted by Gasteiger charge is 2.05. The maximum atomic E-state index is 10.2. The Morgan fingerprint density at radius 1 is 2.25 bits per heavy atom. The van der Waals surface area contributed by atoms with Crippen molar-refractivity contribution in [3.8, 4) is 0 Å². The Hall–Kier alpha value is 0.540. The first-order valence-electron chi connectivity index (χ1n) is 2.77. The first-order chi connectivity index (χ1) is 4.41. The van der Waals surface area contributed by atoms with Crippen molar-refractivity contribution >= 4 is 15.2 Å². The maximum absolute atomic E-state index is 10.2. The summed E-state index contributed by atoms with van der Waals surface area (Å²) >= 11 is 0. The van der Waals surface area contributed by atoms with Crippen LogP contribution in [0.3, 0.4) is 0 Å². The first kappa shape index (κ1) is 5.33. The smallest absolute Gasteiger partial charge is 0.120 e. The van der Waals surface area contributed by atoms with Crippen LogP contribution in [0.4, 0.5) is 0 Å². The standard InChI is InChI=1S/C2H8NO3P2/c3-8(6,2-5)7-1-4/h5,7H,1-2H2,(H2,3,6)/q-1/i1T,7D. The normalized spacial score (nSPS) is 29.4. The Morgan fingerprint density at radius 2 is 2.75 bits per heavy atom. The van der Waals surface area contributed by atoms with Gasteiger partial charge in [-0.05, 0) is 0 Å². The second-order valence-electron chi connectivity index (χ2n) is 1.09. The molecule has 0 fully saturated rings. The molecule has 0 aliphatic heterocycles. The molecule has 0 saturated heterocycles. The minimum Gasteiger partial charge on any atom is -0.851 e. The van der Waals surface area contributed by atoms with Crippen molar-refractivity contribution in [1.29, 1.82) is 6.44 Å². The molecule has 0 aliphatic carbocycles. The van der Waals surface area contributed by atoms with Crippen LogP contribution in [0.25, 0.3) is 0 Å². The minimum atomic E-state index is -3.53. The molecule has 3 atom stereocenters. The van der Waals surface area contributed by atoms with Gasteiger partial charge in [0.1, 0.15) is 13.3 Å². The molecule has 0 aliphatic rings. The van der Waals surface area contributed by atoms with Crippen molar-refractivity contribution in [3.05, 3.63) is 0 Å². The van der Waals surface area contributed by atoms with Crippen LogP contribution in [0, 0.1) is 5.16 Å². The summed E-state index contributed by atoms with van der Waals surface area (Å²) in [5.41, 5.74) is 0. The number of rotatable bonds is 3. The van der Waals surface area contributed by atoms with Gasteiger partial charge in [-0.2, -0.15) is 0 Å². The molecule has 4 nitrogen and oxygen atoms in total. The third-order valence-corrected chi connectivity index (χ3v) is 3.11. The lowest BCUT2D eigenvalue weighted by atomic mass is 11.7. The molecule has 0 spiro atoms. The fourth-order valence-electron chi connectivity index (χ4n) is 0.115. The second kappa shape index (κ2) is 3.54. The van der Waals surface area contributed by atoms with Crippen LogP contribution >= 0.6 is 15.2 Å². The summed E-state index contributed by atoms with van der Waals surface area (Å²) in [4.78, 5) is 8.81. The highest BCUT2D eigenvalue weighted by molar-refractivity contribution is 8.22. The van der Waals surface area contributed by atoms with Crippen molar-refractivity contribution in [3.63, 3.8) is 0 Å². The predicted octanol–water partition coefficient (Wildman–Crippen LogP) is -0.465. The lowest BCUT2D eigenvalue weighted by molar-refractivity contribution is -0.339. The van der Waals surface area contributed by atoms with Gasteiger partial charge in [0.15, 0.2) is 0 Å². The molecule has 0 heterocycles. The largest absolute Gasteiger partial charge is 0.851 e. The van der Waals surface area contributed by atoms with Crippen LogP contribution in [0.15, 0.2) is 0 Å². The molecule has 0 bridgehead atoms. The van der Waals surface area contributed by atoms with Gasteiger partial charge in [0.05, 0.1) is 1.28 Å². The summed E-state index contributed by atoms with van der Waals surface area (Å²) < 4.78 is 13.3. The van der Waals surface area contributed by atoms with Crippen LogP contribution in [0.1, 0.15) is 1.37 Å². The van der Waals surface area contributed by atoms with Crippen LogP contribution in [0.2, 0.25) is 0 Å². The molecule has 8 heavy (non-hydrogen) atoms. The molecule has 0 aromatic carbocycles. The van der Waals surface area contributed by atoms with Gasteiger partial charge in [-0.3, -0.25) is 5.16 Å². The van der Waals surface area contributed by atoms with Crippen LogP contribution in [-0.2, 0) is 0 Å². The Morgan fingerprint density at radius 3 is 2.88 bits per heavy atom. The zero-order chi connectivity index (χ0) is 8.36. The van der Waals surface area contributed by atoms with E-state index in [0.717, 1.165) is 0 Å². The van der Waals surface area contributed by atoms with E-state index in [1.807, 2.05) is 0 Å². The SMILES string of the molecule is [2H]P(C([3H])[O-])P(=N)(O)CO. The summed E-state index contributed by atoms with van der Waals surface area (Å²) in [5, 5.41) is 25.3. The van der Waals surface area contributed by atoms with Crippen molar-refractivity contribution in [2.24, 2.45) is 0 Å². The van der Waals surface area contributed by atoms with Crippen LogP contribution in [-0.4, -0.2) is 24.0 Å². The van der Waals surface area contributed by atoms with Gasteiger partial charge in [-0.1, -0.05) is 8.21 Å². The minimum absolute atomic E-state index is 0.861. The molecule has 50 valence electrons. The van der Waals surface area contributed by atoms with Gasteiger partial charge in [0.2, 0.25) is 0 Å².